The number of aliphatic carboxylic acids is 1. The van der Waals surface area contributed by atoms with E-state index >= 15 is 0 Å². The van der Waals surface area contributed by atoms with Crippen molar-refractivity contribution in [1.82, 2.24) is 16.0 Å². The summed E-state index contributed by atoms with van der Waals surface area (Å²) < 4.78 is 0. The minimum Gasteiger partial charge on any atom is -0.480 e. The van der Waals surface area contributed by atoms with E-state index in [9.17, 15) is 29.1 Å². The fourth-order valence-electron chi connectivity index (χ4n) is 3.71. The molecule has 37 heavy (non-hydrogen) atoms. The summed E-state index contributed by atoms with van der Waals surface area (Å²) in [4.78, 5) is 61.9. The lowest BCUT2D eigenvalue weighted by molar-refractivity contribution is -0.143. The molecule has 0 aromatic heterocycles. The van der Waals surface area contributed by atoms with Crippen LogP contribution in [0.1, 0.15) is 58.9 Å². The Balaban J connectivity index is 3.01. The molecule has 0 saturated heterocycles. The Hall–Kier alpha value is -3.47. The molecule has 1 aromatic rings. The largest absolute Gasteiger partial charge is 0.480 e. The van der Waals surface area contributed by atoms with Gasteiger partial charge in [-0.1, -0.05) is 64.4 Å². The van der Waals surface area contributed by atoms with E-state index in [-0.39, 0.29) is 37.5 Å². The summed E-state index contributed by atoms with van der Waals surface area (Å²) in [5.41, 5.74) is 12.2. The van der Waals surface area contributed by atoms with Crippen LogP contribution in [0.4, 0.5) is 0 Å². The average molecular weight is 520 g/mol. The molecular formula is C26H41N5O6. The molecule has 0 aliphatic carbocycles. The molecule has 0 radical (unpaired) electrons. The van der Waals surface area contributed by atoms with Gasteiger partial charge < -0.3 is 32.5 Å². The van der Waals surface area contributed by atoms with Gasteiger partial charge in [0.25, 0.3) is 0 Å². The summed E-state index contributed by atoms with van der Waals surface area (Å²) >= 11 is 0. The molecule has 0 fully saturated rings. The molecule has 0 aliphatic rings. The summed E-state index contributed by atoms with van der Waals surface area (Å²) in [6, 6.07) is 4.92. The highest BCUT2D eigenvalue weighted by Crippen LogP contribution is 2.11. The number of carbonyl (C=O) groups is 5. The molecule has 5 atom stereocenters. The molecule has 0 bridgehead atoms. The lowest BCUT2D eigenvalue weighted by Gasteiger charge is -2.28. The van der Waals surface area contributed by atoms with Crippen LogP contribution in [-0.4, -0.2) is 58.9 Å². The number of carbonyl (C=O) groups excluding carboxylic acids is 4. The molecule has 11 nitrogen and oxygen atoms in total. The highest BCUT2D eigenvalue weighted by atomic mass is 16.4. The van der Waals surface area contributed by atoms with Crippen molar-refractivity contribution in [1.29, 1.82) is 0 Å². The van der Waals surface area contributed by atoms with Crippen LogP contribution >= 0.6 is 0 Å². The topological polar surface area (TPSA) is 194 Å². The van der Waals surface area contributed by atoms with Crippen LogP contribution < -0.4 is 27.4 Å². The third-order valence-corrected chi connectivity index (χ3v) is 6.06. The predicted octanol–water partition coefficient (Wildman–Crippen LogP) is 0.453. The molecule has 0 heterocycles. The monoisotopic (exact) mass is 519 g/mol. The van der Waals surface area contributed by atoms with E-state index in [1.807, 2.05) is 51.1 Å². The van der Waals surface area contributed by atoms with E-state index in [0.29, 0.717) is 6.42 Å². The second-order valence-electron chi connectivity index (χ2n) is 9.76. The molecule has 8 N–H and O–H groups in total. The first-order valence-electron chi connectivity index (χ1n) is 12.6. The zero-order chi connectivity index (χ0) is 28.1. The lowest BCUT2D eigenvalue weighted by atomic mass is 9.96. The Morgan fingerprint density at radius 1 is 0.892 bits per heavy atom. The number of amides is 4. The molecule has 0 saturated carbocycles. The van der Waals surface area contributed by atoms with Gasteiger partial charge in [0, 0.05) is 6.42 Å². The van der Waals surface area contributed by atoms with Crippen molar-refractivity contribution in [2.75, 3.05) is 0 Å². The summed E-state index contributed by atoms with van der Waals surface area (Å²) in [5.74, 6) is -4.12. The van der Waals surface area contributed by atoms with E-state index in [2.05, 4.69) is 16.0 Å². The summed E-state index contributed by atoms with van der Waals surface area (Å²) in [7, 11) is 0. The first-order valence-corrected chi connectivity index (χ1v) is 12.6. The van der Waals surface area contributed by atoms with Crippen LogP contribution in [0.25, 0.3) is 0 Å². The van der Waals surface area contributed by atoms with Gasteiger partial charge in [0.2, 0.25) is 23.6 Å². The van der Waals surface area contributed by atoms with E-state index in [4.69, 9.17) is 11.5 Å². The number of hydrogen-bond donors (Lipinski definition) is 6. The number of carboxylic acid groups (broad SMARTS) is 1. The number of nitrogens with one attached hydrogen (secondary N) is 3. The van der Waals surface area contributed by atoms with Crippen molar-refractivity contribution in [3.8, 4) is 0 Å². The van der Waals surface area contributed by atoms with E-state index in [1.165, 1.54) is 0 Å². The van der Waals surface area contributed by atoms with Crippen LogP contribution in [0.3, 0.4) is 0 Å². The van der Waals surface area contributed by atoms with Crippen LogP contribution in [-0.2, 0) is 30.4 Å². The van der Waals surface area contributed by atoms with Gasteiger partial charge in [-0.3, -0.25) is 19.2 Å². The van der Waals surface area contributed by atoms with Gasteiger partial charge in [-0.05, 0) is 36.7 Å². The maximum atomic E-state index is 13.2. The van der Waals surface area contributed by atoms with Crippen LogP contribution in [0, 0.1) is 11.8 Å². The van der Waals surface area contributed by atoms with Crippen LogP contribution in [0.15, 0.2) is 30.3 Å². The molecule has 0 spiro atoms. The Kier molecular flexibility index (Phi) is 13.3. The number of hydrogen-bond acceptors (Lipinski definition) is 6. The van der Waals surface area contributed by atoms with E-state index < -0.39 is 53.8 Å². The normalized spacial score (nSPS) is 15.1. The van der Waals surface area contributed by atoms with Crippen molar-refractivity contribution in [2.45, 2.75) is 84.0 Å². The zero-order valence-electron chi connectivity index (χ0n) is 22.0. The van der Waals surface area contributed by atoms with Crippen LogP contribution in [0.5, 0.6) is 0 Å². The summed E-state index contributed by atoms with van der Waals surface area (Å²) in [6.45, 7) is 7.25. The second kappa shape index (κ2) is 15.6. The first kappa shape index (κ1) is 31.6. The van der Waals surface area contributed by atoms with Gasteiger partial charge in [-0.25, -0.2) is 4.79 Å². The van der Waals surface area contributed by atoms with E-state index in [0.717, 1.165) is 5.56 Å². The minimum atomic E-state index is -1.23. The molecule has 11 heteroatoms. The van der Waals surface area contributed by atoms with Gasteiger partial charge in [0.15, 0.2) is 0 Å². The fraction of sp³-hybridized carbons (Fsp3) is 0.577. The molecule has 1 aromatic carbocycles. The van der Waals surface area contributed by atoms with Crippen molar-refractivity contribution in [3.05, 3.63) is 35.9 Å². The Morgan fingerprint density at radius 2 is 1.49 bits per heavy atom. The van der Waals surface area contributed by atoms with Crippen molar-refractivity contribution in [3.63, 3.8) is 0 Å². The fourth-order valence-corrected chi connectivity index (χ4v) is 3.71. The Morgan fingerprint density at radius 3 is 2.00 bits per heavy atom. The third kappa shape index (κ3) is 11.4. The molecule has 4 amide bonds. The highest BCUT2D eigenvalue weighted by molar-refractivity contribution is 5.94. The summed E-state index contributed by atoms with van der Waals surface area (Å²) in [6.07, 6.45) is 0.665. The molecule has 206 valence electrons. The van der Waals surface area contributed by atoms with Crippen molar-refractivity contribution < 1.29 is 29.1 Å². The van der Waals surface area contributed by atoms with Gasteiger partial charge >= 0.3 is 5.97 Å². The smallest absolute Gasteiger partial charge is 0.326 e. The number of carboxylic acids is 1. The van der Waals surface area contributed by atoms with Gasteiger partial charge in [-0.15, -0.1) is 0 Å². The number of benzene rings is 1. The summed E-state index contributed by atoms with van der Waals surface area (Å²) in [5, 5.41) is 17.2. The number of primary amides is 1. The predicted molar refractivity (Wildman–Crippen MR) is 139 cm³/mol. The minimum absolute atomic E-state index is 0.00912. The van der Waals surface area contributed by atoms with Gasteiger partial charge in [0.05, 0.1) is 6.04 Å². The zero-order valence-corrected chi connectivity index (χ0v) is 22.0. The Bertz CT molecular complexity index is 923. The Labute approximate surface area is 218 Å². The second-order valence-corrected chi connectivity index (χ2v) is 9.76. The third-order valence-electron chi connectivity index (χ3n) is 6.06. The van der Waals surface area contributed by atoms with Gasteiger partial charge in [-0.2, -0.15) is 0 Å². The standard InChI is InChI=1S/C26H41N5O6/c1-5-16(4)22(31-23(33)18(27)14-17-9-7-6-8-10-17)25(35)29-19(11-12-21(28)32)24(34)30-20(26(36)37)13-15(2)3/h6-10,15-16,18-20,22H,5,11-14,27H2,1-4H3,(H2,28,32)(H,29,35)(H,30,34)(H,31,33)(H,36,37). The lowest BCUT2D eigenvalue weighted by Crippen LogP contribution is -2.59. The molecular weight excluding hydrogens is 478 g/mol. The number of nitrogens with two attached hydrogens (primary N) is 2. The maximum Gasteiger partial charge on any atom is 0.326 e. The van der Waals surface area contributed by atoms with Gasteiger partial charge in [0.1, 0.15) is 18.1 Å². The first-order chi connectivity index (χ1) is 17.3. The average Bonchev–Trinajstić information content (AvgIpc) is 2.83. The van der Waals surface area contributed by atoms with Crippen molar-refractivity contribution >= 4 is 29.6 Å². The quantitative estimate of drug-likeness (QED) is 0.182. The highest BCUT2D eigenvalue weighted by Gasteiger charge is 2.32. The number of rotatable bonds is 16. The van der Waals surface area contributed by atoms with Crippen LogP contribution in [0.2, 0.25) is 0 Å². The maximum absolute atomic E-state index is 13.2. The molecule has 1 rings (SSSR count). The molecule has 5 unspecified atom stereocenters. The van der Waals surface area contributed by atoms with E-state index in [1.54, 1.807) is 6.92 Å². The molecule has 0 aliphatic heterocycles. The SMILES string of the molecule is CCC(C)C(NC(=O)C(N)Cc1ccccc1)C(=O)NC(CCC(N)=O)C(=O)NC(CC(C)C)C(=O)O. The van der Waals surface area contributed by atoms with Crippen molar-refractivity contribution in [2.24, 2.45) is 23.3 Å².